The summed E-state index contributed by atoms with van der Waals surface area (Å²) in [5.74, 6) is 2.49. The highest BCUT2D eigenvalue weighted by atomic mass is 32.2. The first-order valence-corrected chi connectivity index (χ1v) is 13.7. The summed E-state index contributed by atoms with van der Waals surface area (Å²) in [6.07, 6.45) is 2.77. The van der Waals surface area contributed by atoms with Crippen molar-refractivity contribution in [3.63, 3.8) is 0 Å². The molecule has 0 amide bonds. The Morgan fingerprint density at radius 3 is 2.51 bits per heavy atom. The van der Waals surface area contributed by atoms with Crippen LogP contribution in [0.1, 0.15) is 23.8 Å². The van der Waals surface area contributed by atoms with E-state index in [-0.39, 0.29) is 6.23 Å². The van der Waals surface area contributed by atoms with E-state index in [1.165, 1.54) is 10.5 Å². The molecule has 4 aromatic rings. The molecular formula is C31H32N2O3S. The normalized spacial score (nSPS) is 13.8. The molecule has 0 spiro atoms. The molecule has 190 valence electrons. The third kappa shape index (κ3) is 6.28. The highest BCUT2D eigenvalue weighted by Gasteiger charge is 2.21. The smallest absolute Gasteiger partial charge is 0.143 e. The van der Waals surface area contributed by atoms with Crippen LogP contribution in [-0.2, 0) is 11.3 Å². The zero-order valence-electron chi connectivity index (χ0n) is 21.2. The monoisotopic (exact) mass is 512 g/mol. The number of nitrogens with zero attached hydrogens (tertiary/aromatic N) is 1. The maximum Gasteiger partial charge on any atom is 0.143 e. The number of thioether (sulfide) groups is 1. The Labute approximate surface area is 223 Å². The molecule has 0 radical (unpaired) electrons. The molecule has 37 heavy (non-hydrogen) atoms. The molecule has 1 aliphatic rings. The third-order valence-electron chi connectivity index (χ3n) is 6.36. The molecule has 5 rings (SSSR count). The number of rotatable bonds is 9. The second-order valence-electron chi connectivity index (χ2n) is 8.84. The van der Waals surface area contributed by atoms with Crippen LogP contribution < -0.4 is 19.7 Å². The maximum absolute atomic E-state index is 6.19. The van der Waals surface area contributed by atoms with E-state index < -0.39 is 0 Å². The van der Waals surface area contributed by atoms with E-state index in [1.807, 2.05) is 42.5 Å². The largest absolute Gasteiger partial charge is 0.491 e. The minimum Gasteiger partial charge on any atom is -0.491 e. The molecule has 6 heteroatoms. The number of nitrogens with one attached hydrogen (secondary N) is 1. The number of hydrogen-bond donors (Lipinski definition) is 1. The Kier molecular flexibility index (Phi) is 8.31. The first kappa shape index (κ1) is 25.2. The van der Waals surface area contributed by atoms with Gasteiger partial charge in [-0.15, -0.1) is 11.8 Å². The van der Waals surface area contributed by atoms with Gasteiger partial charge in [0, 0.05) is 36.8 Å². The van der Waals surface area contributed by atoms with Crippen molar-refractivity contribution >= 4 is 23.1 Å². The highest BCUT2D eigenvalue weighted by Crippen LogP contribution is 2.39. The zero-order valence-corrected chi connectivity index (χ0v) is 22.0. The number of anilines is 2. The SMILES string of the molecule is COC(NCc1ccc(SC)cc1)c1ccc2c(c1)OCCCN2c1cccc(Oc2ccccc2)c1. The Morgan fingerprint density at radius 1 is 0.919 bits per heavy atom. The number of hydrogen-bond acceptors (Lipinski definition) is 6. The van der Waals surface area contributed by atoms with Gasteiger partial charge < -0.3 is 19.1 Å². The van der Waals surface area contributed by atoms with Crippen molar-refractivity contribution in [3.8, 4) is 17.2 Å². The van der Waals surface area contributed by atoms with Crippen LogP contribution >= 0.6 is 11.8 Å². The molecule has 1 atom stereocenters. The van der Waals surface area contributed by atoms with Gasteiger partial charge in [-0.3, -0.25) is 5.32 Å². The molecule has 4 aromatic carbocycles. The molecule has 5 nitrogen and oxygen atoms in total. The molecule has 1 N–H and O–H groups in total. The molecule has 1 unspecified atom stereocenters. The standard InChI is InChI=1S/C31H32N2O3S/c1-34-31(32-22-23-12-15-28(37-2)16-13-23)24-14-17-29-30(20-24)35-19-7-18-33(29)25-8-6-11-27(21-25)36-26-9-4-3-5-10-26/h3-6,8-17,20-21,31-32H,7,18-19,22H2,1-2H3. The summed E-state index contributed by atoms with van der Waals surface area (Å²) in [5, 5.41) is 3.52. The van der Waals surface area contributed by atoms with E-state index in [2.05, 4.69) is 71.1 Å². The van der Waals surface area contributed by atoms with Crippen LogP contribution in [-0.4, -0.2) is 26.5 Å². The lowest BCUT2D eigenvalue weighted by atomic mass is 10.1. The zero-order chi connectivity index (χ0) is 25.5. The summed E-state index contributed by atoms with van der Waals surface area (Å²) in [6, 6.07) is 33.0. The average molecular weight is 513 g/mol. The Balaban J connectivity index is 1.34. The molecule has 0 aromatic heterocycles. The summed E-state index contributed by atoms with van der Waals surface area (Å²) in [6.45, 7) is 2.24. The van der Waals surface area contributed by atoms with E-state index in [1.54, 1.807) is 18.9 Å². The van der Waals surface area contributed by atoms with Crippen LogP contribution in [0.4, 0.5) is 11.4 Å². The van der Waals surface area contributed by atoms with Crippen LogP contribution in [0.5, 0.6) is 17.2 Å². The molecule has 1 heterocycles. The molecule has 0 saturated heterocycles. The van der Waals surface area contributed by atoms with Gasteiger partial charge in [0.05, 0.1) is 12.3 Å². The number of para-hydroxylation sites is 1. The van der Waals surface area contributed by atoms with Gasteiger partial charge in [0.25, 0.3) is 0 Å². The van der Waals surface area contributed by atoms with Gasteiger partial charge in [-0.25, -0.2) is 0 Å². The molecule has 0 fully saturated rings. The van der Waals surface area contributed by atoms with Crippen molar-refractivity contribution in [1.29, 1.82) is 0 Å². The van der Waals surface area contributed by atoms with Gasteiger partial charge in [0.15, 0.2) is 0 Å². The quantitative estimate of drug-likeness (QED) is 0.184. The number of benzene rings is 4. The van der Waals surface area contributed by atoms with Gasteiger partial charge in [-0.05, 0) is 72.3 Å². The predicted octanol–water partition coefficient (Wildman–Crippen LogP) is 7.56. The second-order valence-corrected chi connectivity index (χ2v) is 9.72. The second kappa shape index (κ2) is 12.2. The minimum atomic E-state index is -0.242. The fraction of sp³-hybridized carbons (Fsp3) is 0.226. The van der Waals surface area contributed by atoms with E-state index in [4.69, 9.17) is 14.2 Å². The fourth-order valence-corrected chi connectivity index (χ4v) is 4.86. The highest BCUT2D eigenvalue weighted by molar-refractivity contribution is 7.98. The van der Waals surface area contributed by atoms with Crippen LogP contribution in [0.3, 0.4) is 0 Å². The lowest BCUT2D eigenvalue weighted by molar-refractivity contribution is 0.0719. The van der Waals surface area contributed by atoms with Crippen molar-refractivity contribution in [3.05, 3.63) is 108 Å². The fourth-order valence-electron chi connectivity index (χ4n) is 4.46. The molecule has 0 bridgehead atoms. The van der Waals surface area contributed by atoms with E-state index >= 15 is 0 Å². The van der Waals surface area contributed by atoms with Crippen LogP contribution in [0, 0.1) is 0 Å². The van der Waals surface area contributed by atoms with Gasteiger partial charge in [0.2, 0.25) is 0 Å². The Morgan fingerprint density at radius 2 is 1.73 bits per heavy atom. The first-order chi connectivity index (χ1) is 18.2. The lowest BCUT2D eigenvalue weighted by Gasteiger charge is -2.26. The van der Waals surface area contributed by atoms with Gasteiger partial charge in [-0.1, -0.05) is 42.5 Å². The van der Waals surface area contributed by atoms with Crippen LogP contribution in [0.25, 0.3) is 0 Å². The van der Waals surface area contributed by atoms with E-state index in [0.29, 0.717) is 13.2 Å². The van der Waals surface area contributed by atoms with Gasteiger partial charge >= 0.3 is 0 Å². The van der Waals surface area contributed by atoms with Crippen LogP contribution in [0.15, 0.2) is 102 Å². The van der Waals surface area contributed by atoms with Crippen molar-refractivity contribution < 1.29 is 14.2 Å². The molecule has 0 saturated carbocycles. The topological polar surface area (TPSA) is 43.0 Å². The minimum absolute atomic E-state index is 0.242. The maximum atomic E-state index is 6.19. The van der Waals surface area contributed by atoms with Crippen molar-refractivity contribution in [2.45, 2.75) is 24.1 Å². The average Bonchev–Trinajstić information content (AvgIpc) is 3.17. The Hall–Kier alpha value is -3.45. The van der Waals surface area contributed by atoms with Gasteiger partial charge in [-0.2, -0.15) is 0 Å². The molecule has 0 aliphatic carbocycles. The van der Waals surface area contributed by atoms with Crippen molar-refractivity contribution in [2.75, 3.05) is 31.4 Å². The number of ether oxygens (including phenoxy) is 3. The summed E-state index contributed by atoms with van der Waals surface area (Å²) < 4.78 is 18.1. The van der Waals surface area contributed by atoms with Crippen LogP contribution in [0.2, 0.25) is 0 Å². The first-order valence-electron chi connectivity index (χ1n) is 12.5. The summed E-state index contributed by atoms with van der Waals surface area (Å²) >= 11 is 1.75. The number of methoxy groups -OCH3 is 1. The summed E-state index contributed by atoms with van der Waals surface area (Å²) in [7, 11) is 1.73. The van der Waals surface area contributed by atoms with Gasteiger partial charge in [0.1, 0.15) is 23.5 Å². The van der Waals surface area contributed by atoms with Crippen molar-refractivity contribution in [1.82, 2.24) is 5.32 Å². The summed E-state index contributed by atoms with van der Waals surface area (Å²) in [5.41, 5.74) is 4.36. The van der Waals surface area contributed by atoms with E-state index in [0.717, 1.165) is 47.2 Å². The summed E-state index contributed by atoms with van der Waals surface area (Å²) in [4.78, 5) is 3.56. The van der Waals surface area contributed by atoms with Crippen molar-refractivity contribution in [2.24, 2.45) is 0 Å². The molecule has 1 aliphatic heterocycles. The Bertz CT molecular complexity index is 1300. The predicted molar refractivity (Wildman–Crippen MR) is 151 cm³/mol. The van der Waals surface area contributed by atoms with E-state index in [9.17, 15) is 0 Å². The third-order valence-corrected chi connectivity index (χ3v) is 7.10. The molecular weight excluding hydrogens is 480 g/mol. The lowest BCUT2D eigenvalue weighted by Crippen LogP contribution is -2.23. The number of fused-ring (bicyclic) bond motifs is 1.